The second-order valence-corrected chi connectivity index (χ2v) is 10.9. The molecule has 7 nitrogen and oxygen atoms in total. The monoisotopic (exact) mass is 520 g/mol. The number of halogens is 3. The lowest BCUT2D eigenvalue weighted by Crippen LogP contribution is -2.42. The average molecular weight is 521 g/mol. The van der Waals surface area contributed by atoms with Crippen molar-refractivity contribution in [2.24, 2.45) is 0 Å². The number of alkyl halides is 2. The maximum absolute atomic E-state index is 13.4. The highest BCUT2D eigenvalue weighted by Crippen LogP contribution is 2.29. The van der Waals surface area contributed by atoms with Gasteiger partial charge in [0.05, 0.1) is 5.56 Å². The Morgan fingerprint density at radius 3 is 2.31 bits per heavy atom. The van der Waals surface area contributed by atoms with Gasteiger partial charge in [0.1, 0.15) is 5.65 Å². The van der Waals surface area contributed by atoms with E-state index in [-0.39, 0.29) is 37.7 Å². The molecule has 2 saturated heterocycles. The molecule has 0 spiro atoms. The van der Waals surface area contributed by atoms with E-state index in [4.69, 9.17) is 11.6 Å². The van der Waals surface area contributed by atoms with Crippen molar-refractivity contribution in [3.8, 4) is 5.69 Å². The van der Waals surface area contributed by atoms with Crippen molar-refractivity contribution in [3.05, 3.63) is 58.9 Å². The third kappa shape index (κ3) is 4.95. The first-order valence-electron chi connectivity index (χ1n) is 11.3. The van der Waals surface area contributed by atoms with Gasteiger partial charge in [-0.2, -0.15) is 0 Å². The van der Waals surface area contributed by atoms with Crippen molar-refractivity contribution >= 4 is 45.2 Å². The first kappa shape index (κ1) is 23.9. The van der Waals surface area contributed by atoms with E-state index in [0.29, 0.717) is 57.5 Å². The minimum Gasteiger partial charge on any atom is -0.338 e. The largest absolute Gasteiger partial charge is 0.338 e. The van der Waals surface area contributed by atoms with Gasteiger partial charge in [-0.3, -0.25) is 13.8 Å². The zero-order valence-electron chi connectivity index (χ0n) is 18.8. The number of piperidine rings is 1. The predicted molar refractivity (Wildman–Crippen MR) is 130 cm³/mol. The number of carbonyl (C=O) groups is 2. The van der Waals surface area contributed by atoms with Gasteiger partial charge in [0, 0.05) is 95.4 Å². The third-order valence-electron chi connectivity index (χ3n) is 6.43. The number of amides is 2. The molecule has 3 aromatic rings. The van der Waals surface area contributed by atoms with Crippen molar-refractivity contribution in [2.45, 2.75) is 18.8 Å². The van der Waals surface area contributed by atoms with Crippen LogP contribution in [0.1, 0.15) is 33.6 Å². The molecule has 11 heteroatoms. The number of fused-ring (bicyclic) bond motifs is 1. The lowest BCUT2D eigenvalue weighted by Gasteiger charge is -2.31. The average Bonchev–Trinajstić information content (AvgIpc) is 3.27. The Hall–Kier alpha value is -2.85. The molecule has 0 radical (unpaired) electrons. The summed E-state index contributed by atoms with van der Waals surface area (Å²) in [6.45, 7) is 0.897. The molecule has 35 heavy (non-hydrogen) atoms. The minimum atomic E-state index is -2.72. The van der Waals surface area contributed by atoms with Gasteiger partial charge < -0.3 is 14.4 Å². The SMILES string of the molecule is O=C(c1cc(Cl)cc(-n2ccc3cc(C(=O)N4CCC(F)(F)CC4)cnc32)c1)N1CCS(=O)CC1. The van der Waals surface area contributed by atoms with Crippen LogP contribution in [0.3, 0.4) is 0 Å². The molecule has 2 fully saturated rings. The Morgan fingerprint density at radius 2 is 1.60 bits per heavy atom. The number of benzene rings is 1. The molecule has 0 atom stereocenters. The summed E-state index contributed by atoms with van der Waals surface area (Å²) in [5.74, 6) is -2.28. The maximum Gasteiger partial charge on any atom is 0.255 e. The zero-order chi connectivity index (χ0) is 24.7. The molecule has 5 rings (SSSR count). The summed E-state index contributed by atoms with van der Waals surface area (Å²) in [4.78, 5) is 33.4. The number of pyridine rings is 1. The lowest BCUT2D eigenvalue weighted by molar-refractivity contribution is -0.0494. The number of aromatic nitrogens is 2. The van der Waals surface area contributed by atoms with Crippen LogP contribution in [0.15, 0.2) is 42.7 Å². The summed E-state index contributed by atoms with van der Waals surface area (Å²) >= 11 is 6.34. The molecular formula is C24H23ClF2N4O3S. The van der Waals surface area contributed by atoms with Crippen molar-refractivity contribution in [3.63, 3.8) is 0 Å². The van der Waals surface area contributed by atoms with Crippen LogP contribution in [0.5, 0.6) is 0 Å². The van der Waals surface area contributed by atoms with Gasteiger partial charge in [-0.15, -0.1) is 0 Å². The highest BCUT2D eigenvalue weighted by atomic mass is 35.5. The van der Waals surface area contributed by atoms with E-state index in [1.165, 1.54) is 11.1 Å². The molecule has 0 N–H and O–H groups in total. The van der Waals surface area contributed by atoms with Crippen molar-refractivity contribution in [2.75, 3.05) is 37.7 Å². The van der Waals surface area contributed by atoms with Gasteiger partial charge in [-0.05, 0) is 30.3 Å². The van der Waals surface area contributed by atoms with Crippen LogP contribution in [-0.4, -0.2) is 79.0 Å². The molecule has 2 aliphatic heterocycles. The fourth-order valence-corrected chi connectivity index (χ4v) is 5.71. The number of hydrogen-bond acceptors (Lipinski definition) is 4. The second-order valence-electron chi connectivity index (χ2n) is 8.81. The Bertz CT molecular complexity index is 1330. The van der Waals surface area contributed by atoms with Gasteiger partial charge in [0.25, 0.3) is 17.7 Å². The molecule has 2 aliphatic rings. The van der Waals surface area contributed by atoms with E-state index in [9.17, 15) is 22.6 Å². The van der Waals surface area contributed by atoms with E-state index < -0.39 is 16.7 Å². The Labute approximate surface area is 208 Å². The normalized spacial score (nSPS) is 18.7. The highest BCUT2D eigenvalue weighted by Gasteiger charge is 2.36. The smallest absolute Gasteiger partial charge is 0.255 e. The van der Waals surface area contributed by atoms with Gasteiger partial charge >= 0.3 is 0 Å². The molecule has 0 bridgehead atoms. The lowest BCUT2D eigenvalue weighted by atomic mass is 10.1. The van der Waals surface area contributed by atoms with Gasteiger partial charge in [-0.1, -0.05) is 11.6 Å². The van der Waals surface area contributed by atoms with E-state index in [1.807, 2.05) is 0 Å². The summed E-state index contributed by atoms with van der Waals surface area (Å²) in [6, 6.07) is 8.55. The maximum atomic E-state index is 13.4. The fraction of sp³-hybridized carbons (Fsp3) is 0.375. The highest BCUT2D eigenvalue weighted by molar-refractivity contribution is 7.85. The first-order chi connectivity index (χ1) is 16.7. The van der Waals surface area contributed by atoms with Crippen molar-refractivity contribution in [1.82, 2.24) is 19.4 Å². The van der Waals surface area contributed by atoms with Gasteiger partial charge in [-0.25, -0.2) is 13.8 Å². The zero-order valence-corrected chi connectivity index (χ0v) is 20.3. The fourth-order valence-electron chi connectivity index (χ4n) is 4.43. The van der Waals surface area contributed by atoms with E-state index >= 15 is 0 Å². The Balaban J connectivity index is 1.40. The summed E-state index contributed by atoms with van der Waals surface area (Å²) in [7, 11) is -0.886. The van der Waals surface area contributed by atoms with Crippen LogP contribution >= 0.6 is 11.6 Å². The topological polar surface area (TPSA) is 75.5 Å². The molecule has 184 valence electrons. The quantitative estimate of drug-likeness (QED) is 0.527. The van der Waals surface area contributed by atoms with Gasteiger partial charge in [0.15, 0.2) is 0 Å². The Morgan fingerprint density at radius 1 is 0.943 bits per heavy atom. The standard InChI is InChI=1S/C24H23ClF2N4O3S/c25-19-12-17(22(32)30-7-9-35(34)10-8-30)13-20(14-19)31-4-1-16-11-18(15-28-21(16)31)23(33)29-5-2-24(26,27)3-6-29/h1,4,11-15H,2-3,5-10H2. The second kappa shape index (κ2) is 9.31. The van der Waals surface area contributed by atoms with Crippen LogP contribution in [0, 0.1) is 0 Å². The number of carbonyl (C=O) groups excluding carboxylic acids is 2. The molecule has 2 amide bonds. The van der Waals surface area contributed by atoms with Crippen LogP contribution in [0.25, 0.3) is 16.7 Å². The molecular weight excluding hydrogens is 498 g/mol. The number of likely N-dealkylation sites (tertiary alicyclic amines) is 1. The molecule has 0 unspecified atom stereocenters. The summed E-state index contributed by atoms with van der Waals surface area (Å²) in [5.41, 5.74) is 1.97. The molecule has 0 saturated carbocycles. The summed E-state index contributed by atoms with van der Waals surface area (Å²) in [6.07, 6.45) is 2.54. The summed E-state index contributed by atoms with van der Waals surface area (Å²) < 4.78 is 40.3. The van der Waals surface area contributed by atoms with Crippen molar-refractivity contribution < 1.29 is 22.6 Å². The number of nitrogens with zero attached hydrogens (tertiary/aromatic N) is 4. The van der Waals surface area contributed by atoms with E-state index in [2.05, 4.69) is 4.98 Å². The molecule has 1 aromatic carbocycles. The molecule has 4 heterocycles. The van der Waals surface area contributed by atoms with Gasteiger partial charge in [0.2, 0.25) is 0 Å². The predicted octanol–water partition coefficient (Wildman–Crippen LogP) is 3.75. The van der Waals surface area contributed by atoms with Crippen LogP contribution in [-0.2, 0) is 10.8 Å². The first-order valence-corrected chi connectivity index (χ1v) is 13.2. The van der Waals surface area contributed by atoms with Crippen molar-refractivity contribution in [1.29, 1.82) is 0 Å². The van der Waals surface area contributed by atoms with Crippen LogP contribution in [0.4, 0.5) is 8.78 Å². The number of rotatable bonds is 3. The molecule has 2 aromatic heterocycles. The Kier molecular flexibility index (Phi) is 6.35. The summed E-state index contributed by atoms with van der Waals surface area (Å²) in [5, 5.41) is 1.09. The van der Waals surface area contributed by atoms with Crippen LogP contribution in [0.2, 0.25) is 5.02 Å². The number of hydrogen-bond donors (Lipinski definition) is 0. The van der Waals surface area contributed by atoms with E-state index in [0.717, 1.165) is 0 Å². The third-order valence-corrected chi connectivity index (χ3v) is 7.92. The van der Waals surface area contributed by atoms with E-state index in [1.54, 1.807) is 46.0 Å². The molecule has 0 aliphatic carbocycles. The minimum absolute atomic E-state index is 0.0110. The van der Waals surface area contributed by atoms with Crippen LogP contribution < -0.4 is 0 Å².